The molecule has 1 unspecified atom stereocenters. The number of amides is 1. The normalized spacial score (nSPS) is 18.3. The Morgan fingerprint density at radius 3 is 2.26 bits per heavy atom. The quantitative estimate of drug-likeness (QED) is 0.829. The molecule has 0 saturated carbocycles. The second-order valence-corrected chi connectivity index (χ2v) is 5.13. The standard InChI is InChI=1S/C16H24N2O/c1-3-15(14-8-6-5-7-9-14)16(19)18-12-10-17(4-2)11-13-18/h5-9,15H,3-4,10-13H2,1-2H3. The van der Waals surface area contributed by atoms with Crippen molar-refractivity contribution in [3.05, 3.63) is 35.9 Å². The van der Waals surface area contributed by atoms with E-state index in [0.29, 0.717) is 5.91 Å². The summed E-state index contributed by atoms with van der Waals surface area (Å²) in [7, 11) is 0. The zero-order valence-electron chi connectivity index (χ0n) is 12.0. The summed E-state index contributed by atoms with van der Waals surface area (Å²) in [6.45, 7) is 9.11. The van der Waals surface area contributed by atoms with E-state index in [9.17, 15) is 4.79 Å². The fourth-order valence-corrected chi connectivity index (χ4v) is 2.74. The van der Waals surface area contributed by atoms with E-state index in [1.54, 1.807) is 0 Å². The Balaban J connectivity index is 2.02. The van der Waals surface area contributed by atoms with Gasteiger partial charge >= 0.3 is 0 Å². The molecular formula is C16H24N2O. The third kappa shape index (κ3) is 3.35. The van der Waals surface area contributed by atoms with Crippen molar-refractivity contribution in [2.24, 2.45) is 0 Å². The maximum atomic E-state index is 12.6. The fraction of sp³-hybridized carbons (Fsp3) is 0.562. The van der Waals surface area contributed by atoms with Gasteiger partial charge in [-0.2, -0.15) is 0 Å². The summed E-state index contributed by atoms with van der Waals surface area (Å²) in [5, 5.41) is 0. The predicted octanol–water partition coefficient (Wildman–Crippen LogP) is 2.34. The number of rotatable bonds is 4. The van der Waals surface area contributed by atoms with Gasteiger partial charge in [0.15, 0.2) is 0 Å². The van der Waals surface area contributed by atoms with Crippen LogP contribution in [0.3, 0.4) is 0 Å². The van der Waals surface area contributed by atoms with Crippen molar-refractivity contribution < 1.29 is 4.79 Å². The maximum absolute atomic E-state index is 12.6. The average Bonchev–Trinajstić information content (AvgIpc) is 2.49. The molecule has 1 aromatic carbocycles. The van der Waals surface area contributed by atoms with Crippen LogP contribution in [-0.2, 0) is 4.79 Å². The molecule has 0 N–H and O–H groups in total. The lowest BCUT2D eigenvalue weighted by atomic mass is 9.95. The number of hydrogen-bond donors (Lipinski definition) is 0. The van der Waals surface area contributed by atoms with Gasteiger partial charge in [0.25, 0.3) is 0 Å². The highest BCUT2D eigenvalue weighted by atomic mass is 16.2. The van der Waals surface area contributed by atoms with Crippen molar-refractivity contribution in [2.45, 2.75) is 26.2 Å². The number of carbonyl (C=O) groups excluding carboxylic acids is 1. The van der Waals surface area contributed by atoms with E-state index in [4.69, 9.17) is 0 Å². The zero-order valence-corrected chi connectivity index (χ0v) is 12.0. The van der Waals surface area contributed by atoms with Crippen molar-refractivity contribution in [3.8, 4) is 0 Å². The number of hydrogen-bond acceptors (Lipinski definition) is 2. The maximum Gasteiger partial charge on any atom is 0.230 e. The third-order valence-electron chi connectivity index (χ3n) is 4.04. The van der Waals surface area contributed by atoms with Gasteiger partial charge in [0.2, 0.25) is 5.91 Å². The van der Waals surface area contributed by atoms with Crippen LogP contribution in [0.1, 0.15) is 31.7 Å². The van der Waals surface area contributed by atoms with Gasteiger partial charge in [0, 0.05) is 26.2 Å². The molecule has 2 rings (SSSR count). The summed E-state index contributed by atoms with van der Waals surface area (Å²) in [5.74, 6) is 0.318. The van der Waals surface area contributed by atoms with E-state index in [2.05, 4.69) is 30.9 Å². The molecule has 0 spiro atoms. The minimum absolute atomic E-state index is 0.0226. The molecule has 1 heterocycles. The summed E-state index contributed by atoms with van der Waals surface area (Å²) in [6.07, 6.45) is 0.872. The lowest BCUT2D eigenvalue weighted by Crippen LogP contribution is -2.49. The fourth-order valence-electron chi connectivity index (χ4n) is 2.74. The summed E-state index contributed by atoms with van der Waals surface area (Å²) in [4.78, 5) is 17.1. The third-order valence-corrected chi connectivity index (χ3v) is 4.04. The molecule has 0 radical (unpaired) electrons. The Morgan fingerprint density at radius 2 is 1.74 bits per heavy atom. The highest BCUT2D eigenvalue weighted by Gasteiger charge is 2.26. The van der Waals surface area contributed by atoms with Crippen molar-refractivity contribution >= 4 is 5.91 Å². The lowest BCUT2D eigenvalue weighted by Gasteiger charge is -2.36. The number of likely N-dealkylation sites (N-methyl/N-ethyl adjacent to an activating group) is 1. The summed E-state index contributed by atoms with van der Waals surface area (Å²) < 4.78 is 0. The van der Waals surface area contributed by atoms with E-state index >= 15 is 0 Å². The number of carbonyl (C=O) groups is 1. The van der Waals surface area contributed by atoms with E-state index in [1.807, 2.05) is 23.1 Å². The van der Waals surface area contributed by atoms with E-state index in [-0.39, 0.29) is 5.92 Å². The van der Waals surface area contributed by atoms with E-state index in [1.165, 1.54) is 0 Å². The van der Waals surface area contributed by atoms with Gasteiger partial charge in [-0.05, 0) is 18.5 Å². The molecule has 3 heteroatoms. The molecular weight excluding hydrogens is 236 g/mol. The Morgan fingerprint density at radius 1 is 1.11 bits per heavy atom. The van der Waals surface area contributed by atoms with Crippen LogP contribution >= 0.6 is 0 Å². The number of piperazine rings is 1. The molecule has 3 nitrogen and oxygen atoms in total. The summed E-state index contributed by atoms with van der Waals surface area (Å²) in [5.41, 5.74) is 1.15. The van der Waals surface area contributed by atoms with Crippen molar-refractivity contribution in [3.63, 3.8) is 0 Å². The van der Waals surface area contributed by atoms with Gasteiger partial charge in [-0.3, -0.25) is 4.79 Å². The van der Waals surface area contributed by atoms with Gasteiger partial charge in [-0.1, -0.05) is 44.2 Å². The van der Waals surface area contributed by atoms with E-state index in [0.717, 1.165) is 44.7 Å². The van der Waals surface area contributed by atoms with Crippen molar-refractivity contribution in [1.29, 1.82) is 0 Å². The Kier molecular flexibility index (Phi) is 4.97. The van der Waals surface area contributed by atoms with Gasteiger partial charge in [0.05, 0.1) is 5.92 Å². The van der Waals surface area contributed by atoms with Gasteiger partial charge < -0.3 is 9.80 Å². The van der Waals surface area contributed by atoms with Crippen LogP contribution in [0, 0.1) is 0 Å². The molecule has 1 saturated heterocycles. The highest BCUT2D eigenvalue weighted by molar-refractivity contribution is 5.83. The second kappa shape index (κ2) is 6.71. The first-order chi connectivity index (χ1) is 9.26. The van der Waals surface area contributed by atoms with Crippen LogP contribution in [0.2, 0.25) is 0 Å². The second-order valence-electron chi connectivity index (χ2n) is 5.13. The summed E-state index contributed by atoms with van der Waals surface area (Å²) in [6, 6.07) is 10.2. The average molecular weight is 260 g/mol. The van der Waals surface area contributed by atoms with Crippen molar-refractivity contribution in [1.82, 2.24) is 9.80 Å². The molecule has 19 heavy (non-hydrogen) atoms. The first-order valence-corrected chi connectivity index (χ1v) is 7.32. The first-order valence-electron chi connectivity index (χ1n) is 7.32. The molecule has 1 aliphatic heterocycles. The molecule has 104 valence electrons. The first kappa shape index (κ1) is 14.1. The molecule has 0 aromatic heterocycles. The minimum Gasteiger partial charge on any atom is -0.340 e. The van der Waals surface area contributed by atoms with Crippen LogP contribution < -0.4 is 0 Å². The minimum atomic E-state index is 0.0226. The Labute approximate surface area is 116 Å². The molecule has 0 bridgehead atoms. The largest absolute Gasteiger partial charge is 0.340 e. The molecule has 0 aliphatic carbocycles. The lowest BCUT2D eigenvalue weighted by molar-refractivity contribution is -0.134. The van der Waals surface area contributed by atoms with Gasteiger partial charge in [0.1, 0.15) is 0 Å². The predicted molar refractivity (Wildman–Crippen MR) is 78.2 cm³/mol. The van der Waals surface area contributed by atoms with Crippen LogP contribution in [-0.4, -0.2) is 48.4 Å². The monoisotopic (exact) mass is 260 g/mol. The van der Waals surface area contributed by atoms with Crippen LogP contribution in [0.4, 0.5) is 0 Å². The van der Waals surface area contributed by atoms with Crippen LogP contribution in [0.5, 0.6) is 0 Å². The molecule has 1 fully saturated rings. The molecule has 1 aromatic rings. The number of benzene rings is 1. The molecule has 1 atom stereocenters. The summed E-state index contributed by atoms with van der Waals surface area (Å²) >= 11 is 0. The molecule has 1 amide bonds. The van der Waals surface area contributed by atoms with Crippen LogP contribution in [0.25, 0.3) is 0 Å². The smallest absolute Gasteiger partial charge is 0.230 e. The number of nitrogens with zero attached hydrogens (tertiary/aromatic N) is 2. The van der Waals surface area contributed by atoms with Crippen molar-refractivity contribution in [2.75, 3.05) is 32.7 Å². The Hall–Kier alpha value is -1.35. The van der Waals surface area contributed by atoms with Crippen LogP contribution in [0.15, 0.2) is 30.3 Å². The topological polar surface area (TPSA) is 23.6 Å². The Bertz CT molecular complexity index is 396. The molecule has 1 aliphatic rings. The highest BCUT2D eigenvalue weighted by Crippen LogP contribution is 2.22. The van der Waals surface area contributed by atoms with Gasteiger partial charge in [-0.25, -0.2) is 0 Å². The van der Waals surface area contributed by atoms with E-state index < -0.39 is 0 Å². The zero-order chi connectivity index (χ0) is 13.7. The van der Waals surface area contributed by atoms with Gasteiger partial charge in [-0.15, -0.1) is 0 Å². The SMILES string of the molecule is CCC(C(=O)N1CCN(CC)CC1)c1ccccc1.